The molecule has 150 valence electrons. The molecule has 1 aliphatic heterocycles. The Kier molecular flexibility index (Phi) is 5.82. The van der Waals surface area contributed by atoms with Gasteiger partial charge in [0.1, 0.15) is 5.82 Å². The Morgan fingerprint density at radius 3 is 2.62 bits per heavy atom. The Bertz CT molecular complexity index is 1020. The molecule has 3 aromatic rings. The summed E-state index contributed by atoms with van der Waals surface area (Å²) in [5.41, 5.74) is 0.988. The Labute approximate surface area is 180 Å². The maximum atomic E-state index is 13.9. The first kappa shape index (κ1) is 19.8. The summed E-state index contributed by atoms with van der Waals surface area (Å²) in [7, 11) is 0. The zero-order valence-electron chi connectivity index (χ0n) is 15.2. The first-order valence-electron chi connectivity index (χ1n) is 9.10. The van der Waals surface area contributed by atoms with Crippen molar-refractivity contribution in [2.45, 2.75) is 18.8 Å². The average molecular weight is 480 g/mol. The summed E-state index contributed by atoms with van der Waals surface area (Å²) in [5.74, 6) is 0.678. The van der Waals surface area contributed by atoms with E-state index in [1.807, 2.05) is 12.1 Å². The van der Waals surface area contributed by atoms with Gasteiger partial charge < -0.3 is 14.7 Å². The molecule has 9 heteroatoms. The minimum Gasteiger partial charge on any atom is -0.339 e. The van der Waals surface area contributed by atoms with Crippen molar-refractivity contribution in [2.24, 2.45) is 0 Å². The van der Waals surface area contributed by atoms with Gasteiger partial charge in [-0.15, -0.1) is 0 Å². The smallest absolute Gasteiger partial charge is 0.321 e. The quantitative estimate of drug-likeness (QED) is 0.523. The first-order valence-corrected chi connectivity index (χ1v) is 10.3. The van der Waals surface area contributed by atoms with Gasteiger partial charge in [-0.2, -0.15) is 4.98 Å². The van der Waals surface area contributed by atoms with Crippen molar-refractivity contribution in [3.8, 4) is 11.4 Å². The molecular weight excluding hydrogens is 463 g/mol. The molecule has 1 fully saturated rings. The Hall–Kier alpha value is -2.45. The molecular formula is C20H17BrClFN4O2. The normalized spacial score (nSPS) is 14.8. The number of benzene rings is 2. The lowest BCUT2D eigenvalue weighted by Gasteiger charge is -2.30. The third-order valence-corrected chi connectivity index (χ3v) is 5.59. The van der Waals surface area contributed by atoms with Crippen LogP contribution < -0.4 is 5.32 Å². The van der Waals surface area contributed by atoms with Gasteiger partial charge in [0.2, 0.25) is 11.7 Å². The van der Waals surface area contributed by atoms with E-state index in [2.05, 4.69) is 31.4 Å². The summed E-state index contributed by atoms with van der Waals surface area (Å²) in [6.07, 6.45) is 1.39. The molecule has 1 aromatic heterocycles. The van der Waals surface area contributed by atoms with Crippen molar-refractivity contribution < 1.29 is 13.7 Å². The Morgan fingerprint density at radius 1 is 1.21 bits per heavy atom. The zero-order valence-corrected chi connectivity index (χ0v) is 17.6. The number of nitrogens with zero attached hydrogens (tertiary/aromatic N) is 3. The number of carbonyl (C=O) groups is 1. The van der Waals surface area contributed by atoms with Gasteiger partial charge in [0.05, 0.1) is 5.69 Å². The lowest BCUT2D eigenvalue weighted by Crippen LogP contribution is -2.40. The second-order valence-corrected chi connectivity index (χ2v) is 8.13. The van der Waals surface area contributed by atoms with E-state index in [0.29, 0.717) is 47.1 Å². The highest BCUT2D eigenvalue weighted by Gasteiger charge is 2.28. The van der Waals surface area contributed by atoms with Crippen molar-refractivity contribution in [2.75, 3.05) is 18.4 Å². The SMILES string of the molecule is O=C(Nc1ccc(Br)cc1F)N1CCC(c2nc(-c3ccc(Cl)cc3)no2)CC1. The summed E-state index contributed by atoms with van der Waals surface area (Å²) in [4.78, 5) is 18.6. The standard InChI is InChI=1S/C20H17BrClFN4O2/c21-14-3-6-17(16(23)11-14)24-20(28)27-9-7-13(8-10-27)19-25-18(26-29-19)12-1-4-15(22)5-2-12/h1-6,11,13H,7-10H2,(H,24,28). The number of aromatic nitrogens is 2. The predicted molar refractivity (Wildman–Crippen MR) is 111 cm³/mol. The lowest BCUT2D eigenvalue weighted by atomic mass is 9.97. The topological polar surface area (TPSA) is 71.3 Å². The maximum absolute atomic E-state index is 13.9. The molecule has 0 spiro atoms. The monoisotopic (exact) mass is 478 g/mol. The number of piperidine rings is 1. The molecule has 1 saturated heterocycles. The van der Waals surface area contributed by atoms with Gasteiger partial charge in [-0.25, -0.2) is 9.18 Å². The second kappa shape index (κ2) is 8.51. The van der Waals surface area contributed by atoms with Crippen LogP contribution in [0.1, 0.15) is 24.7 Å². The van der Waals surface area contributed by atoms with Crippen molar-refractivity contribution >= 4 is 39.2 Å². The molecule has 0 unspecified atom stereocenters. The lowest BCUT2D eigenvalue weighted by molar-refractivity contribution is 0.187. The van der Waals surface area contributed by atoms with Crippen molar-refractivity contribution in [1.29, 1.82) is 0 Å². The van der Waals surface area contributed by atoms with Crippen molar-refractivity contribution in [3.63, 3.8) is 0 Å². The van der Waals surface area contributed by atoms with Gasteiger partial charge >= 0.3 is 6.03 Å². The van der Waals surface area contributed by atoms with Gasteiger partial charge in [-0.05, 0) is 55.3 Å². The minimum atomic E-state index is -0.483. The van der Waals surface area contributed by atoms with E-state index in [1.54, 1.807) is 23.1 Å². The molecule has 0 saturated carbocycles. The van der Waals surface area contributed by atoms with Crippen LogP contribution in [0, 0.1) is 5.82 Å². The van der Waals surface area contributed by atoms with Crippen LogP contribution in [0.4, 0.5) is 14.9 Å². The molecule has 29 heavy (non-hydrogen) atoms. The van der Waals surface area contributed by atoms with Crippen molar-refractivity contribution in [3.05, 3.63) is 63.7 Å². The number of likely N-dealkylation sites (tertiary alicyclic amines) is 1. The number of rotatable bonds is 3. The van der Waals surface area contributed by atoms with E-state index in [1.165, 1.54) is 12.1 Å². The van der Waals surface area contributed by atoms with E-state index in [4.69, 9.17) is 16.1 Å². The van der Waals surface area contributed by atoms with Crippen LogP contribution in [0.2, 0.25) is 5.02 Å². The van der Waals surface area contributed by atoms with Crippen molar-refractivity contribution in [1.82, 2.24) is 15.0 Å². The van der Waals surface area contributed by atoms with E-state index < -0.39 is 5.82 Å². The van der Waals surface area contributed by atoms with E-state index in [9.17, 15) is 9.18 Å². The Morgan fingerprint density at radius 2 is 1.93 bits per heavy atom. The summed E-state index contributed by atoms with van der Waals surface area (Å²) >= 11 is 9.11. The summed E-state index contributed by atoms with van der Waals surface area (Å²) in [5, 5.41) is 7.32. The number of urea groups is 1. The van der Waals surface area contributed by atoms with Crippen LogP contribution in [-0.2, 0) is 0 Å². The van der Waals surface area contributed by atoms with Crippen LogP contribution in [0.3, 0.4) is 0 Å². The van der Waals surface area contributed by atoms with E-state index in [-0.39, 0.29) is 17.6 Å². The van der Waals surface area contributed by atoms with E-state index in [0.717, 1.165) is 5.56 Å². The largest absolute Gasteiger partial charge is 0.339 e. The molecule has 0 atom stereocenters. The third kappa shape index (κ3) is 4.59. The number of anilines is 1. The molecule has 2 aromatic carbocycles. The Balaban J connectivity index is 1.35. The zero-order chi connectivity index (χ0) is 20.4. The minimum absolute atomic E-state index is 0.0806. The fraction of sp³-hybridized carbons (Fsp3) is 0.250. The molecule has 4 rings (SSSR count). The highest BCUT2D eigenvalue weighted by Crippen LogP contribution is 2.29. The van der Waals surface area contributed by atoms with Gasteiger partial charge in [0.15, 0.2) is 0 Å². The van der Waals surface area contributed by atoms with E-state index >= 15 is 0 Å². The fourth-order valence-electron chi connectivity index (χ4n) is 3.23. The first-order chi connectivity index (χ1) is 14.0. The average Bonchev–Trinajstić information content (AvgIpc) is 3.21. The third-order valence-electron chi connectivity index (χ3n) is 4.85. The summed E-state index contributed by atoms with van der Waals surface area (Å²) in [6.45, 7) is 1.04. The molecule has 0 aliphatic carbocycles. The molecule has 1 N–H and O–H groups in total. The van der Waals surface area contributed by atoms with Gasteiger partial charge in [-0.3, -0.25) is 0 Å². The highest BCUT2D eigenvalue weighted by molar-refractivity contribution is 9.10. The van der Waals surface area contributed by atoms with Crippen LogP contribution in [-0.4, -0.2) is 34.2 Å². The number of nitrogens with one attached hydrogen (secondary N) is 1. The van der Waals surface area contributed by atoms with Crippen LogP contribution in [0.15, 0.2) is 51.5 Å². The molecule has 2 heterocycles. The predicted octanol–water partition coefficient (Wildman–Crippen LogP) is 5.70. The van der Waals surface area contributed by atoms with Crippen LogP contribution in [0.25, 0.3) is 11.4 Å². The number of carbonyl (C=O) groups excluding carboxylic acids is 1. The van der Waals surface area contributed by atoms with Gasteiger partial charge in [0.25, 0.3) is 0 Å². The number of halogens is 3. The second-order valence-electron chi connectivity index (χ2n) is 6.78. The number of hydrogen-bond donors (Lipinski definition) is 1. The summed E-state index contributed by atoms with van der Waals surface area (Å²) in [6, 6.07) is 11.4. The fourth-order valence-corrected chi connectivity index (χ4v) is 3.69. The van der Waals surface area contributed by atoms with Crippen LogP contribution >= 0.6 is 27.5 Å². The molecule has 6 nitrogen and oxygen atoms in total. The van der Waals surface area contributed by atoms with Gasteiger partial charge in [-0.1, -0.05) is 32.7 Å². The highest BCUT2D eigenvalue weighted by atomic mass is 79.9. The molecule has 0 radical (unpaired) electrons. The number of hydrogen-bond acceptors (Lipinski definition) is 4. The molecule has 0 bridgehead atoms. The molecule has 1 aliphatic rings. The maximum Gasteiger partial charge on any atom is 0.321 e. The summed E-state index contributed by atoms with van der Waals surface area (Å²) < 4.78 is 20.0. The molecule has 2 amide bonds. The van der Waals surface area contributed by atoms with Gasteiger partial charge in [0, 0.05) is 34.1 Å². The number of amides is 2. The van der Waals surface area contributed by atoms with Crippen LogP contribution in [0.5, 0.6) is 0 Å².